The first kappa shape index (κ1) is 19.3. The van der Waals surface area contributed by atoms with Crippen LogP contribution in [0.1, 0.15) is 49.6 Å². The maximum absolute atomic E-state index is 12.5. The molecule has 5 nitrogen and oxygen atoms in total. The van der Waals surface area contributed by atoms with Gasteiger partial charge in [-0.25, -0.2) is 0 Å². The van der Waals surface area contributed by atoms with Crippen LogP contribution in [0.5, 0.6) is 0 Å². The average Bonchev–Trinajstić information content (AvgIpc) is 2.98. The number of carbonyl (C=O) groups is 1. The quantitative estimate of drug-likeness (QED) is 0.826. The van der Waals surface area contributed by atoms with Gasteiger partial charge < -0.3 is 15.0 Å². The minimum absolute atomic E-state index is 0.00225. The molecule has 1 amide bonds. The number of hydrogen-bond acceptors (Lipinski definition) is 4. The number of nitrogens with zero attached hydrogens (tertiary/aromatic N) is 1. The van der Waals surface area contributed by atoms with E-state index in [-0.39, 0.29) is 5.91 Å². The SMILES string of the molecule is CCC(C)(C)[C@H]1CCc2c(sc(NC(=O)C[NH+]3CCOCC3)c2C#N)C1. The molecule has 2 aliphatic rings. The zero-order chi connectivity index (χ0) is 18.7. The molecule has 26 heavy (non-hydrogen) atoms. The Kier molecular flexibility index (Phi) is 6.01. The highest BCUT2D eigenvalue weighted by atomic mass is 32.1. The molecule has 1 aliphatic carbocycles. The van der Waals surface area contributed by atoms with Crippen molar-refractivity contribution >= 4 is 22.2 Å². The number of amides is 1. The summed E-state index contributed by atoms with van der Waals surface area (Å²) in [6.45, 7) is 10.6. The first-order chi connectivity index (χ1) is 12.4. The predicted molar refractivity (Wildman–Crippen MR) is 104 cm³/mol. The number of hydrogen-bond donors (Lipinski definition) is 2. The summed E-state index contributed by atoms with van der Waals surface area (Å²) in [6.07, 6.45) is 4.27. The van der Waals surface area contributed by atoms with Crippen LogP contribution >= 0.6 is 11.3 Å². The van der Waals surface area contributed by atoms with Crippen LogP contribution in [0.2, 0.25) is 0 Å². The summed E-state index contributed by atoms with van der Waals surface area (Å²) < 4.78 is 5.34. The second kappa shape index (κ2) is 8.08. The highest BCUT2D eigenvalue weighted by Crippen LogP contribution is 2.45. The van der Waals surface area contributed by atoms with Gasteiger partial charge in [0.2, 0.25) is 0 Å². The number of fused-ring (bicyclic) bond motifs is 1. The molecule has 0 saturated carbocycles. The maximum atomic E-state index is 12.5. The molecule has 0 radical (unpaired) electrons. The average molecular weight is 377 g/mol. The molecule has 6 heteroatoms. The lowest BCUT2D eigenvalue weighted by Crippen LogP contribution is -3.15. The number of thiophene rings is 1. The number of ether oxygens (including phenoxy) is 1. The van der Waals surface area contributed by atoms with Gasteiger partial charge in [-0.15, -0.1) is 11.3 Å². The fraction of sp³-hybridized carbons (Fsp3) is 0.700. The number of morpholine rings is 1. The highest BCUT2D eigenvalue weighted by molar-refractivity contribution is 7.16. The van der Waals surface area contributed by atoms with E-state index < -0.39 is 0 Å². The third-order valence-electron chi connectivity index (χ3n) is 6.26. The van der Waals surface area contributed by atoms with Crippen molar-refractivity contribution in [3.8, 4) is 6.07 Å². The van der Waals surface area contributed by atoms with E-state index in [1.807, 2.05) is 0 Å². The summed E-state index contributed by atoms with van der Waals surface area (Å²) >= 11 is 1.62. The van der Waals surface area contributed by atoms with E-state index in [1.165, 1.54) is 15.3 Å². The molecule has 2 N–H and O–H groups in total. The van der Waals surface area contributed by atoms with Gasteiger partial charge in [-0.2, -0.15) is 5.26 Å². The van der Waals surface area contributed by atoms with Crippen molar-refractivity contribution in [2.45, 2.75) is 46.5 Å². The summed E-state index contributed by atoms with van der Waals surface area (Å²) in [5.74, 6) is 0.647. The van der Waals surface area contributed by atoms with Crippen molar-refractivity contribution in [2.75, 3.05) is 38.2 Å². The first-order valence-corrected chi connectivity index (χ1v) is 10.5. The Morgan fingerprint density at radius 2 is 2.15 bits per heavy atom. The number of carbonyl (C=O) groups excluding carboxylic acids is 1. The van der Waals surface area contributed by atoms with E-state index in [9.17, 15) is 10.1 Å². The Bertz CT molecular complexity index is 699. The van der Waals surface area contributed by atoms with Crippen LogP contribution < -0.4 is 10.2 Å². The lowest BCUT2D eigenvalue weighted by atomic mass is 9.69. The Hall–Kier alpha value is -1.42. The Labute approximate surface area is 160 Å². The Morgan fingerprint density at radius 1 is 1.42 bits per heavy atom. The van der Waals surface area contributed by atoms with Crippen LogP contribution in [-0.4, -0.2) is 38.8 Å². The van der Waals surface area contributed by atoms with Gasteiger partial charge in [-0.3, -0.25) is 4.79 Å². The predicted octanol–water partition coefficient (Wildman–Crippen LogP) is 2.01. The molecule has 0 unspecified atom stereocenters. The van der Waals surface area contributed by atoms with Gasteiger partial charge in [0, 0.05) is 4.88 Å². The molecule has 0 aromatic carbocycles. The van der Waals surface area contributed by atoms with E-state index in [0.717, 1.165) is 43.8 Å². The molecule has 1 aromatic heterocycles. The van der Waals surface area contributed by atoms with Crippen molar-refractivity contribution in [1.29, 1.82) is 5.26 Å². The third-order valence-corrected chi connectivity index (χ3v) is 7.43. The smallest absolute Gasteiger partial charge is 0.280 e. The number of rotatable bonds is 5. The first-order valence-electron chi connectivity index (χ1n) is 9.70. The summed E-state index contributed by atoms with van der Waals surface area (Å²) in [7, 11) is 0. The maximum Gasteiger partial charge on any atom is 0.280 e. The normalized spacial score (nSPS) is 21.1. The zero-order valence-corrected chi connectivity index (χ0v) is 16.9. The fourth-order valence-corrected chi connectivity index (χ4v) is 5.28. The molecule has 0 spiro atoms. The monoisotopic (exact) mass is 376 g/mol. The lowest BCUT2D eigenvalue weighted by Gasteiger charge is -2.36. The number of nitriles is 1. The van der Waals surface area contributed by atoms with Crippen molar-refractivity contribution in [3.63, 3.8) is 0 Å². The molecule has 1 fully saturated rings. The summed E-state index contributed by atoms with van der Waals surface area (Å²) in [5, 5.41) is 13.4. The fourth-order valence-electron chi connectivity index (χ4n) is 3.98. The van der Waals surface area contributed by atoms with Crippen molar-refractivity contribution < 1.29 is 14.4 Å². The van der Waals surface area contributed by atoms with Crippen LogP contribution in [0.3, 0.4) is 0 Å². The molecule has 1 aliphatic heterocycles. The van der Waals surface area contributed by atoms with Gasteiger partial charge in [0.25, 0.3) is 5.91 Å². The summed E-state index contributed by atoms with van der Waals surface area (Å²) in [4.78, 5) is 15.0. The van der Waals surface area contributed by atoms with Crippen molar-refractivity contribution in [3.05, 3.63) is 16.0 Å². The molecular weight excluding hydrogens is 346 g/mol. The molecule has 142 valence electrons. The minimum Gasteiger partial charge on any atom is -0.370 e. The molecule has 2 heterocycles. The van der Waals surface area contributed by atoms with Gasteiger partial charge in [0.15, 0.2) is 6.54 Å². The van der Waals surface area contributed by atoms with E-state index in [0.29, 0.717) is 36.7 Å². The van der Waals surface area contributed by atoms with Crippen LogP contribution in [0.15, 0.2) is 0 Å². The van der Waals surface area contributed by atoms with Gasteiger partial charge in [-0.05, 0) is 36.2 Å². The number of anilines is 1. The minimum atomic E-state index is 0.00225. The summed E-state index contributed by atoms with van der Waals surface area (Å²) in [5.41, 5.74) is 2.19. The van der Waals surface area contributed by atoms with E-state index in [1.54, 1.807) is 11.3 Å². The van der Waals surface area contributed by atoms with E-state index in [2.05, 4.69) is 32.2 Å². The second-order valence-electron chi connectivity index (χ2n) is 8.19. The molecule has 0 bridgehead atoms. The zero-order valence-electron chi connectivity index (χ0n) is 16.1. The summed E-state index contributed by atoms with van der Waals surface area (Å²) in [6, 6.07) is 2.35. The Morgan fingerprint density at radius 3 is 2.81 bits per heavy atom. The van der Waals surface area contributed by atoms with Crippen molar-refractivity contribution in [1.82, 2.24) is 0 Å². The van der Waals surface area contributed by atoms with Gasteiger partial charge in [-0.1, -0.05) is 27.2 Å². The Balaban J connectivity index is 1.71. The molecule has 3 rings (SSSR count). The number of quaternary nitrogens is 1. The topological polar surface area (TPSA) is 66.6 Å². The van der Waals surface area contributed by atoms with Gasteiger partial charge >= 0.3 is 0 Å². The third kappa shape index (κ3) is 4.11. The van der Waals surface area contributed by atoms with Crippen LogP contribution in [0.4, 0.5) is 5.00 Å². The van der Waals surface area contributed by atoms with Crippen molar-refractivity contribution in [2.24, 2.45) is 11.3 Å². The largest absolute Gasteiger partial charge is 0.370 e. The van der Waals surface area contributed by atoms with E-state index >= 15 is 0 Å². The molecule has 1 saturated heterocycles. The molecular formula is C20H30N3O2S+. The lowest BCUT2D eigenvalue weighted by molar-refractivity contribution is -0.899. The van der Waals surface area contributed by atoms with Crippen LogP contribution in [0.25, 0.3) is 0 Å². The number of nitrogens with one attached hydrogen (secondary N) is 2. The van der Waals surface area contributed by atoms with E-state index in [4.69, 9.17) is 4.74 Å². The standard InChI is InChI=1S/C20H29N3O2S/c1-4-20(2,3)14-5-6-15-16(12-21)19(26-17(15)11-14)22-18(24)13-23-7-9-25-10-8-23/h14H,4-11,13H2,1-3H3,(H,22,24)/p+1/t14-/m0/s1. The van der Waals surface area contributed by atoms with Gasteiger partial charge in [0.1, 0.15) is 24.2 Å². The molecule has 1 atom stereocenters. The molecule has 1 aromatic rings. The van der Waals surface area contributed by atoms with Crippen LogP contribution in [-0.2, 0) is 22.4 Å². The second-order valence-corrected chi connectivity index (χ2v) is 9.29. The highest BCUT2D eigenvalue weighted by Gasteiger charge is 2.34. The van der Waals surface area contributed by atoms with Gasteiger partial charge in [0.05, 0.1) is 18.8 Å². The van der Waals surface area contributed by atoms with Crippen LogP contribution in [0, 0.1) is 22.7 Å².